The van der Waals surface area contributed by atoms with Gasteiger partial charge in [-0.2, -0.15) is 0 Å². The van der Waals surface area contributed by atoms with Gasteiger partial charge >= 0.3 is 0 Å². The summed E-state index contributed by atoms with van der Waals surface area (Å²) in [6.45, 7) is 1.12. The lowest BCUT2D eigenvalue weighted by atomic mass is 9.90. The molecule has 0 aliphatic carbocycles. The predicted molar refractivity (Wildman–Crippen MR) is 57.4 cm³/mol. The highest BCUT2D eigenvalue weighted by atomic mass is 32.2. The van der Waals surface area contributed by atoms with Gasteiger partial charge in [-0.1, -0.05) is 0 Å². The van der Waals surface area contributed by atoms with Gasteiger partial charge in [-0.3, -0.25) is 0 Å². The number of benzene rings is 1. The number of halogens is 2. The largest absolute Gasteiger partial charge is 0.396 e. The monoisotopic (exact) mass is 246 g/mol. The summed E-state index contributed by atoms with van der Waals surface area (Å²) in [5.74, 6) is -1.03. The third-order valence-electron chi connectivity index (χ3n) is 2.59. The van der Waals surface area contributed by atoms with Crippen LogP contribution in [-0.4, -0.2) is 30.7 Å². The highest BCUT2D eigenvalue weighted by Gasteiger charge is 2.37. The standard InChI is InChI=1S/C11H12F2O2S/c12-9-2-1-8(3-10(9)13)16-7-11(4-14)5-15-6-11/h1-3,14H,4-7H2. The molecule has 1 saturated heterocycles. The second kappa shape index (κ2) is 4.69. The van der Waals surface area contributed by atoms with E-state index in [0.717, 1.165) is 6.07 Å². The van der Waals surface area contributed by atoms with Crippen molar-refractivity contribution in [1.82, 2.24) is 0 Å². The molecule has 0 unspecified atom stereocenters. The van der Waals surface area contributed by atoms with Gasteiger partial charge in [0.25, 0.3) is 0 Å². The predicted octanol–water partition coefficient (Wildman–Crippen LogP) is 2.07. The van der Waals surface area contributed by atoms with Crippen LogP contribution >= 0.6 is 11.8 Å². The molecule has 1 aromatic carbocycles. The zero-order valence-corrected chi connectivity index (χ0v) is 9.40. The highest BCUT2D eigenvalue weighted by Crippen LogP contribution is 2.34. The molecular formula is C11H12F2O2S. The quantitative estimate of drug-likeness (QED) is 0.825. The van der Waals surface area contributed by atoms with Crippen molar-refractivity contribution in [3.8, 4) is 0 Å². The van der Waals surface area contributed by atoms with Gasteiger partial charge in [0, 0.05) is 16.1 Å². The van der Waals surface area contributed by atoms with Gasteiger partial charge in [-0.15, -0.1) is 11.8 Å². The molecule has 1 aromatic rings. The summed E-state index contributed by atoms with van der Waals surface area (Å²) in [5.41, 5.74) is -0.213. The Bertz CT molecular complexity index is 375. The fourth-order valence-electron chi connectivity index (χ4n) is 1.41. The smallest absolute Gasteiger partial charge is 0.159 e. The van der Waals surface area contributed by atoms with Gasteiger partial charge in [0.2, 0.25) is 0 Å². The van der Waals surface area contributed by atoms with Crippen molar-refractivity contribution >= 4 is 11.8 Å². The molecule has 1 N–H and O–H groups in total. The van der Waals surface area contributed by atoms with Crippen molar-refractivity contribution in [2.45, 2.75) is 4.90 Å². The van der Waals surface area contributed by atoms with Gasteiger partial charge < -0.3 is 9.84 Å². The average molecular weight is 246 g/mol. The lowest BCUT2D eigenvalue weighted by molar-refractivity contribution is -0.121. The number of hydrogen-bond acceptors (Lipinski definition) is 3. The van der Waals surface area contributed by atoms with Gasteiger partial charge in [0.05, 0.1) is 19.8 Å². The molecule has 5 heteroatoms. The fraction of sp³-hybridized carbons (Fsp3) is 0.455. The maximum atomic E-state index is 12.9. The molecule has 88 valence electrons. The van der Waals surface area contributed by atoms with Gasteiger partial charge in [0.15, 0.2) is 11.6 Å². The number of rotatable bonds is 4. The molecule has 0 spiro atoms. The molecule has 2 nitrogen and oxygen atoms in total. The molecule has 16 heavy (non-hydrogen) atoms. The fourth-order valence-corrected chi connectivity index (χ4v) is 2.50. The van der Waals surface area contributed by atoms with E-state index in [1.165, 1.54) is 23.9 Å². The Balaban J connectivity index is 1.96. The number of thioether (sulfide) groups is 1. The van der Waals surface area contributed by atoms with Crippen LogP contribution < -0.4 is 0 Å². The molecule has 0 aromatic heterocycles. The Morgan fingerprint density at radius 3 is 2.56 bits per heavy atom. The Labute approximate surface area is 96.6 Å². The van der Waals surface area contributed by atoms with Crippen LogP contribution in [0.3, 0.4) is 0 Å². The zero-order valence-electron chi connectivity index (χ0n) is 8.58. The van der Waals surface area contributed by atoms with E-state index in [4.69, 9.17) is 4.74 Å². The molecular weight excluding hydrogens is 234 g/mol. The van der Waals surface area contributed by atoms with E-state index in [9.17, 15) is 13.9 Å². The van der Waals surface area contributed by atoms with E-state index in [1.807, 2.05) is 0 Å². The zero-order chi connectivity index (χ0) is 11.6. The number of hydrogen-bond donors (Lipinski definition) is 1. The summed E-state index contributed by atoms with van der Waals surface area (Å²) in [5, 5.41) is 9.19. The Morgan fingerprint density at radius 1 is 1.31 bits per heavy atom. The van der Waals surface area contributed by atoms with E-state index in [-0.39, 0.29) is 12.0 Å². The van der Waals surface area contributed by atoms with Crippen LogP contribution in [-0.2, 0) is 4.74 Å². The number of aliphatic hydroxyl groups is 1. The first-order chi connectivity index (χ1) is 7.65. The van der Waals surface area contributed by atoms with E-state index >= 15 is 0 Å². The second-order valence-electron chi connectivity index (χ2n) is 4.02. The third-order valence-corrected chi connectivity index (χ3v) is 3.93. The minimum atomic E-state index is -0.840. The van der Waals surface area contributed by atoms with Gasteiger partial charge in [-0.05, 0) is 18.2 Å². The summed E-state index contributed by atoms with van der Waals surface area (Å²) in [4.78, 5) is 0.665. The van der Waals surface area contributed by atoms with E-state index in [1.54, 1.807) is 0 Å². The molecule has 1 fully saturated rings. The topological polar surface area (TPSA) is 29.5 Å². The second-order valence-corrected chi connectivity index (χ2v) is 5.06. The van der Waals surface area contributed by atoms with Crippen LogP contribution in [0.1, 0.15) is 0 Å². The first-order valence-electron chi connectivity index (χ1n) is 4.92. The summed E-state index contributed by atoms with van der Waals surface area (Å²) in [6.07, 6.45) is 0. The van der Waals surface area contributed by atoms with Crippen LogP contribution in [0.25, 0.3) is 0 Å². The SMILES string of the molecule is OCC1(CSc2ccc(F)c(F)c2)COC1. The van der Waals surface area contributed by atoms with Crippen LogP contribution in [0.5, 0.6) is 0 Å². The highest BCUT2D eigenvalue weighted by molar-refractivity contribution is 7.99. The number of ether oxygens (including phenoxy) is 1. The molecule has 0 atom stereocenters. The summed E-state index contributed by atoms with van der Waals surface area (Å²) in [6, 6.07) is 3.82. The third kappa shape index (κ3) is 2.36. The molecule has 0 amide bonds. The van der Waals surface area contributed by atoms with E-state index in [2.05, 4.69) is 0 Å². The van der Waals surface area contributed by atoms with Crippen molar-refractivity contribution in [1.29, 1.82) is 0 Å². The first kappa shape index (κ1) is 11.8. The van der Waals surface area contributed by atoms with Crippen LogP contribution in [0.2, 0.25) is 0 Å². The van der Waals surface area contributed by atoms with Crippen LogP contribution in [0.4, 0.5) is 8.78 Å². The van der Waals surface area contributed by atoms with Crippen molar-refractivity contribution in [2.75, 3.05) is 25.6 Å². The summed E-state index contributed by atoms with van der Waals surface area (Å²) in [7, 11) is 0. The number of aliphatic hydroxyl groups excluding tert-OH is 1. The summed E-state index contributed by atoms with van der Waals surface area (Å²) >= 11 is 1.40. The normalized spacial score (nSPS) is 18.2. The molecule has 1 aliphatic rings. The van der Waals surface area contributed by atoms with Crippen molar-refractivity contribution in [3.63, 3.8) is 0 Å². The lowest BCUT2D eigenvalue weighted by Crippen LogP contribution is -2.47. The Kier molecular flexibility index (Phi) is 3.47. The van der Waals surface area contributed by atoms with Crippen LogP contribution in [0, 0.1) is 17.0 Å². The van der Waals surface area contributed by atoms with Crippen molar-refractivity contribution in [3.05, 3.63) is 29.8 Å². The first-order valence-corrected chi connectivity index (χ1v) is 5.90. The Hall–Kier alpha value is -0.650. The average Bonchev–Trinajstić information content (AvgIpc) is 2.22. The van der Waals surface area contributed by atoms with Gasteiger partial charge in [0.1, 0.15) is 0 Å². The maximum absolute atomic E-state index is 12.9. The molecule has 1 aliphatic heterocycles. The molecule has 0 bridgehead atoms. The summed E-state index contributed by atoms with van der Waals surface area (Å²) < 4.78 is 30.6. The lowest BCUT2D eigenvalue weighted by Gasteiger charge is -2.39. The van der Waals surface area contributed by atoms with Crippen molar-refractivity contribution in [2.24, 2.45) is 5.41 Å². The minimum Gasteiger partial charge on any atom is -0.396 e. The minimum absolute atomic E-state index is 0.0592. The van der Waals surface area contributed by atoms with Gasteiger partial charge in [-0.25, -0.2) is 8.78 Å². The molecule has 1 heterocycles. The van der Waals surface area contributed by atoms with Crippen LogP contribution in [0.15, 0.2) is 23.1 Å². The van der Waals surface area contributed by atoms with E-state index in [0.29, 0.717) is 23.9 Å². The maximum Gasteiger partial charge on any atom is 0.159 e. The van der Waals surface area contributed by atoms with E-state index < -0.39 is 11.6 Å². The molecule has 0 saturated carbocycles. The van der Waals surface area contributed by atoms with Crippen molar-refractivity contribution < 1.29 is 18.6 Å². The Morgan fingerprint density at radius 2 is 2.06 bits per heavy atom. The molecule has 0 radical (unpaired) electrons. The molecule has 2 rings (SSSR count).